The fourth-order valence-electron chi connectivity index (χ4n) is 2.54. The lowest BCUT2D eigenvalue weighted by atomic mass is 10.0. The molecule has 0 saturated heterocycles. The topological polar surface area (TPSA) is 63.2 Å². The Balaban J connectivity index is 2.04. The van der Waals surface area contributed by atoms with E-state index in [0.29, 0.717) is 34.1 Å². The number of benzene rings is 2. The molecule has 1 aliphatic rings. The minimum atomic E-state index is -0.454. The number of hydrogen-bond acceptors (Lipinski definition) is 6. The quantitative estimate of drug-likeness (QED) is 0.472. The van der Waals surface area contributed by atoms with Gasteiger partial charge in [-0.25, -0.2) is 4.79 Å². The molecule has 1 heterocycles. The first kappa shape index (κ1) is 16.7. The molecule has 0 amide bonds. The van der Waals surface area contributed by atoms with Gasteiger partial charge in [0.1, 0.15) is 0 Å². The average molecular weight is 342 g/mol. The zero-order valence-electron chi connectivity index (χ0n) is 14.2. The molecule has 0 spiro atoms. The van der Waals surface area contributed by atoms with Gasteiger partial charge in [-0.3, -0.25) is 0 Å². The number of carbonyl (C=O) groups is 1. The summed E-state index contributed by atoms with van der Waals surface area (Å²) >= 11 is 0. The summed E-state index contributed by atoms with van der Waals surface area (Å²) in [5.74, 6) is 1.98. The molecule has 0 saturated carbocycles. The van der Waals surface area contributed by atoms with Crippen LogP contribution in [0.4, 0.5) is 0 Å². The van der Waals surface area contributed by atoms with Gasteiger partial charge in [-0.15, -0.1) is 0 Å². The van der Waals surface area contributed by atoms with Crippen molar-refractivity contribution in [3.8, 4) is 23.0 Å². The summed E-state index contributed by atoms with van der Waals surface area (Å²) in [7, 11) is 4.44. The number of hydrogen-bond donors (Lipinski definition) is 0. The number of rotatable bonds is 5. The van der Waals surface area contributed by atoms with Crippen molar-refractivity contribution in [2.45, 2.75) is 0 Å². The monoisotopic (exact) mass is 342 g/mol. The molecule has 2 aromatic rings. The van der Waals surface area contributed by atoms with Crippen LogP contribution in [0.5, 0.6) is 23.0 Å². The first-order valence-corrected chi connectivity index (χ1v) is 7.58. The predicted molar refractivity (Wildman–Crippen MR) is 92.0 cm³/mol. The zero-order chi connectivity index (χ0) is 17.8. The summed E-state index contributed by atoms with van der Waals surface area (Å²) in [6.07, 6.45) is 1.73. The van der Waals surface area contributed by atoms with E-state index in [1.54, 1.807) is 44.6 Å². The van der Waals surface area contributed by atoms with Crippen LogP contribution in [-0.4, -0.2) is 34.1 Å². The van der Waals surface area contributed by atoms with Crippen LogP contribution in [0.25, 0.3) is 11.6 Å². The maximum atomic E-state index is 12.3. The van der Waals surface area contributed by atoms with Crippen LogP contribution < -0.4 is 18.9 Å². The highest BCUT2D eigenvalue weighted by Crippen LogP contribution is 2.35. The van der Waals surface area contributed by atoms with E-state index in [0.717, 1.165) is 5.56 Å². The highest BCUT2D eigenvalue weighted by Gasteiger charge is 2.17. The standard InChI is InChI=1S/C19H18O6/c1-21-15-7-5-13(10-17(15)22-2)14(19(20)23-3)8-12-4-6-16-18(9-12)25-11-24-16/h4-10H,11H2,1-3H3/b14-8-. The molecule has 0 aliphatic carbocycles. The predicted octanol–water partition coefficient (Wildman–Crippen LogP) is 3.15. The molecule has 0 fully saturated rings. The molecule has 6 nitrogen and oxygen atoms in total. The number of carbonyl (C=O) groups excluding carboxylic acids is 1. The molecule has 0 atom stereocenters. The van der Waals surface area contributed by atoms with Crippen LogP contribution >= 0.6 is 0 Å². The summed E-state index contributed by atoms with van der Waals surface area (Å²) in [5, 5.41) is 0. The third-order valence-electron chi connectivity index (χ3n) is 3.81. The van der Waals surface area contributed by atoms with Gasteiger partial charge in [0.2, 0.25) is 6.79 Å². The summed E-state index contributed by atoms with van der Waals surface area (Å²) in [5.41, 5.74) is 1.84. The molecule has 6 heteroatoms. The van der Waals surface area contributed by atoms with Crippen LogP contribution in [0, 0.1) is 0 Å². The van der Waals surface area contributed by atoms with E-state index in [9.17, 15) is 4.79 Å². The zero-order valence-corrected chi connectivity index (χ0v) is 14.2. The van der Waals surface area contributed by atoms with Gasteiger partial charge in [0.25, 0.3) is 0 Å². The van der Waals surface area contributed by atoms with Gasteiger partial charge >= 0.3 is 5.97 Å². The highest BCUT2D eigenvalue weighted by molar-refractivity contribution is 6.21. The number of ether oxygens (including phenoxy) is 5. The van der Waals surface area contributed by atoms with E-state index in [2.05, 4.69) is 0 Å². The molecule has 3 rings (SSSR count). The maximum absolute atomic E-state index is 12.3. The maximum Gasteiger partial charge on any atom is 0.338 e. The van der Waals surface area contributed by atoms with Crippen LogP contribution in [0.15, 0.2) is 36.4 Å². The Hall–Kier alpha value is -3.15. The third kappa shape index (κ3) is 3.38. The largest absolute Gasteiger partial charge is 0.493 e. The van der Waals surface area contributed by atoms with Crippen LogP contribution in [0.2, 0.25) is 0 Å². The van der Waals surface area contributed by atoms with Crippen LogP contribution in [0.3, 0.4) is 0 Å². The second-order valence-corrected chi connectivity index (χ2v) is 5.23. The van der Waals surface area contributed by atoms with Gasteiger partial charge in [0.15, 0.2) is 23.0 Å². The van der Waals surface area contributed by atoms with Gasteiger partial charge in [0, 0.05) is 0 Å². The Morgan fingerprint density at radius 1 is 0.960 bits per heavy atom. The lowest BCUT2D eigenvalue weighted by molar-refractivity contribution is -0.133. The van der Waals surface area contributed by atoms with Gasteiger partial charge in [0.05, 0.1) is 26.9 Å². The summed E-state index contributed by atoms with van der Waals surface area (Å²) in [6, 6.07) is 10.7. The second kappa shape index (κ2) is 7.17. The fraction of sp³-hybridized carbons (Fsp3) is 0.211. The van der Waals surface area contributed by atoms with E-state index in [-0.39, 0.29) is 6.79 Å². The third-order valence-corrected chi connectivity index (χ3v) is 3.81. The molecule has 25 heavy (non-hydrogen) atoms. The minimum Gasteiger partial charge on any atom is -0.493 e. The van der Waals surface area contributed by atoms with Gasteiger partial charge in [-0.05, 0) is 41.5 Å². The Morgan fingerprint density at radius 3 is 2.44 bits per heavy atom. The van der Waals surface area contributed by atoms with E-state index in [1.807, 2.05) is 12.1 Å². The Morgan fingerprint density at radius 2 is 1.72 bits per heavy atom. The lowest BCUT2D eigenvalue weighted by Crippen LogP contribution is -2.04. The molecule has 1 aliphatic heterocycles. The number of esters is 1. The molecule has 130 valence electrons. The molecule has 0 unspecified atom stereocenters. The molecule has 2 aromatic carbocycles. The van der Waals surface area contributed by atoms with Crippen molar-refractivity contribution in [3.05, 3.63) is 47.5 Å². The Labute approximate surface area is 145 Å². The summed E-state index contributed by atoms with van der Waals surface area (Å²) < 4.78 is 26.2. The van der Waals surface area contributed by atoms with Crippen molar-refractivity contribution in [3.63, 3.8) is 0 Å². The summed E-state index contributed by atoms with van der Waals surface area (Å²) in [4.78, 5) is 12.3. The summed E-state index contributed by atoms with van der Waals surface area (Å²) in [6.45, 7) is 0.196. The van der Waals surface area contributed by atoms with Crippen molar-refractivity contribution in [2.24, 2.45) is 0 Å². The molecular formula is C19H18O6. The van der Waals surface area contributed by atoms with Crippen molar-refractivity contribution in [1.29, 1.82) is 0 Å². The second-order valence-electron chi connectivity index (χ2n) is 5.23. The lowest BCUT2D eigenvalue weighted by Gasteiger charge is -2.11. The van der Waals surface area contributed by atoms with Crippen LogP contribution in [-0.2, 0) is 9.53 Å². The van der Waals surface area contributed by atoms with Gasteiger partial charge in [-0.1, -0.05) is 12.1 Å². The molecule has 0 aromatic heterocycles. The van der Waals surface area contributed by atoms with E-state index in [4.69, 9.17) is 23.7 Å². The van der Waals surface area contributed by atoms with Gasteiger partial charge in [-0.2, -0.15) is 0 Å². The van der Waals surface area contributed by atoms with Crippen molar-refractivity contribution >= 4 is 17.6 Å². The highest BCUT2D eigenvalue weighted by atomic mass is 16.7. The van der Waals surface area contributed by atoms with Crippen molar-refractivity contribution < 1.29 is 28.5 Å². The number of fused-ring (bicyclic) bond motifs is 1. The van der Waals surface area contributed by atoms with Crippen molar-refractivity contribution in [2.75, 3.05) is 28.1 Å². The molecule has 0 radical (unpaired) electrons. The molecular weight excluding hydrogens is 324 g/mol. The van der Waals surface area contributed by atoms with E-state index in [1.165, 1.54) is 7.11 Å². The SMILES string of the molecule is COC(=O)/C(=C\c1ccc2c(c1)OCO2)c1ccc(OC)c(OC)c1. The van der Waals surface area contributed by atoms with E-state index >= 15 is 0 Å². The number of methoxy groups -OCH3 is 3. The van der Waals surface area contributed by atoms with Gasteiger partial charge < -0.3 is 23.7 Å². The Bertz CT molecular complexity index is 825. The van der Waals surface area contributed by atoms with Crippen LogP contribution in [0.1, 0.15) is 11.1 Å². The Kier molecular flexibility index (Phi) is 4.79. The smallest absolute Gasteiger partial charge is 0.338 e. The first-order valence-electron chi connectivity index (χ1n) is 7.58. The minimum absolute atomic E-state index is 0.196. The van der Waals surface area contributed by atoms with Crippen molar-refractivity contribution in [1.82, 2.24) is 0 Å². The van der Waals surface area contributed by atoms with E-state index < -0.39 is 5.97 Å². The normalized spacial score (nSPS) is 12.7. The average Bonchev–Trinajstić information content (AvgIpc) is 3.12. The first-order chi connectivity index (χ1) is 12.2. The molecule has 0 bridgehead atoms. The molecule has 0 N–H and O–H groups in total. The fourth-order valence-corrected chi connectivity index (χ4v) is 2.54.